The van der Waals surface area contributed by atoms with Gasteiger partial charge >= 0.3 is 0 Å². The number of nitrogens with zero attached hydrogens (tertiary/aromatic N) is 3. The Balaban J connectivity index is 0.000000231. The molecule has 0 aliphatic carbocycles. The van der Waals surface area contributed by atoms with Crippen molar-refractivity contribution in [3.63, 3.8) is 0 Å². The molecule has 0 unspecified atom stereocenters. The first-order valence-electron chi connectivity index (χ1n) is 12.6. The third-order valence-corrected chi connectivity index (χ3v) is 5.74. The van der Waals surface area contributed by atoms with Crippen LogP contribution in [-0.4, -0.2) is 50.8 Å². The van der Waals surface area contributed by atoms with Crippen LogP contribution in [-0.2, 0) is 9.59 Å². The van der Waals surface area contributed by atoms with Gasteiger partial charge < -0.3 is 16.4 Å². The van der Waals surface area contributed by atoms with Crippen LogP contribution in [0.2, 0.25) is 0 Å². The highest BCUT2D eigenvalue weighted by Crippen LogP contribution is 2.24. The largest absolute Gasteiger partial charge is 0.399 e. The van der Waals surface area contributed by atoms with E-state index in [-0.39, 0.29) is 42.4 Å². The van der Waals surface area contributed by atoms with Gasteiger partial charge in [-0.15, -0.1) is 0 Å². The monoisotopic (exact) mass is 568 g/mol. The fourth-order valence-electron chi connectivity index (χ4n) is 4.02. The number of nitrogens with one attached hydrogen (secondary N) is 2. The van der Waals surface area contributed by atoms with Crippen LogP contribution in [0.1, 0.15) is 48.7 Å². The molecule has 214 valence electrons. The zero-order valence-corrected chi connectivity index (χ0v) is 23.4. The lowest BCUT2D eigenvalue weighted by atomic mass is 10.2. The number of nitrogen functional groups attached to an aromatic ring is 1. The van der Waals surface area contributed by atoms with Crippen molar-refractivity contribution in [2.45, 2.75) is 27.7 Å². The predicted molar refractivity (Wildman–Crippen MR) is 159 cm³/mol. The van der Waals surface area contributed by atoms with Crippen molar-refractivity contribution in [2.24, 2.45) is 0 Å². The standard InChI is InChI=1S/C15H13N3O4.C15H15N3O2/c1-10(19)16-7-3-4-13-8-12-9-14(18(21)22)5-6-15(12)17(13)11(2)20;1-10(19)17-7-3-4-14-9-12-8-13(16)5-6-15(12)18(14)11(2)20/h5-6,8-9H,7H2,1-2H3,(H,16,19);5-6,8-9H,7,16H2,1-2H3,(H,17,19). The number of hydrogen-bond acceptors (Lipinski definition) is 7. The summed E-state index contributed by atoms with van der Waals surface area (Å²) >= 11 is 0. The number of non-ortho nitro benzene ring substituents is 1. The molecule has 0 saturated carbocycles. The van der Waals surface area contributed by atoms with Crippen molar-refractivity contribution in [3.05, 3.63) is 70.0 Å². The lowest BCUT2D eigenvalue weighted by molar-refractivity contribution is -0.384. The molecule has 0 spiro atoms. The number of amides is 2. The first-order chi connectivity index (χ1) is 19.9. The highest BCUT2D eigenvalue weighted by atomic mass is 16.6. The minimum atomic E-state index is -0.493. The van der Waals surface area contributed by atoms with Crippen LogP contribution < -0.4 is 16.4 Å². The number of anilines is 1. The normalized spacial score (nSPS) is 9.90. The molecule has 4 N–H and O–H groups in total. The first-order valence-corrected chi connectivity index (χ1v) is 12.6. The van der Waals surface area contributed by atoms with Gasteiger partial charge in [0.15, 0.2) is 0 Å². The zero-order chi connectivity index (χ0) is 31.0. The summed E-state index contributed by atoms with van der Waals surface area (Å²) in [4.78, 5) is 55.4. The number of nitro groups is 1. The number of aromatic nitrogens is 2. The van der Waals surface area contributed by atoms with Gasteiger partial charge in [0, 0.05) is 56.3 Å². The summed E-state index contributed by atoms with van der Waals surface area (Å²) in [5.74, 6) is 10.5. The zero-order valence-electron chi connectivity index (χ0n) is 23.4. The van der Waals surface area contributed by atoms with E-state index in [9.17, 15) is 29.3 Å². The molecule has 0 fully saturated rings. The summed E-state index contributed by atoms with van der Waals surface area (Å²) in [6, 6.07) is 13.0. The van der Waals surface area contributed by atoms with Gasteiger partial charge in [0.1, 0.15) is 11.4 Å². The number of nitro benzene ring substituents is 1. The second-order valence-electron chi connectivity index (χ2n) is 9.01. The molecule has 2 aromatic carbocycles. The molecule has 0 radical (unpaired) electrons. The van der Waals surface area contributed by atoms with E-state index in [0.29, 0.717) is 28.0 Å². The van der Waals surface area contributed by atoms with E-state index in [4.69, 9.17) is 5.73 Å². The fraction of sp³-hybridized carbons (Fsp3) is 0.200. The Morgan fingerprint density at radius 3 is 1.64 bits per heavy atom. The Morgan fingerprint density at radius 2 is 1.21 bits per heavy atom. The smallest absolute Gasteiger partial charge is 0.270 e. The van der Waals surface area contributed by atoms with Crippen molar-refractivity contribution in [3.8, 4) is 23.7 Å². The Hall–Kier alpha value is -5.88. The van der Waals surface area contributed by atoms with Crippen LogP contribution in [0.15, 0.2) is 48.5 Å². The molecule has 12 nitrogen and oxygen atoms in total. The molecular formula is C30H28N6O6. The number of rotatable bonds is 3. The molecule has 2 heterocycles. The van der Waals surface area contributed by atoms with Crippen molar-refractivity contribution in [1.29, 1.82) is 0 Å². The lowest BCUT2D eigenvalue weighted by Gasteiger charge is -2.01. The summed E-state index contributed by atoms with van der Waals surface area (Å²) < 4.78 is 2.93. The van der Waals surface area contributed by atoms with Crippen LogP contribution in [0.5, 0.6) is 0 Å². The maximum atomic E-state index is 11.8. The van der Waals surface area contributed by atoms with Crippen molar-refractivity contribution in [2.75, 3.05) is 18.8 Å². The molecule has 12 heteroatoms. The Bertz CT molecular complexity index is 1860. The number of carbonyl (C=O) groups is 4. The summed E-state index contributed by atoms with van der Waals surface area (Å²) in [5.41, 5.74) is 8.66. The maximum Gasteiger partial charge on any atom is 0.270 e. The molecule has 2 aromatic heterocycles. The van der Waals surface area contributed by atoms with E-state index in [1.807, 2.05) is 6.07 Å². The van der Waals surface area contributed by atoms with Gasteiger partial charge in [-0.25, -0.2) is 0 Å². The average molecular weight is 569 g/mol. The number of nitrogens with two attached hydrogens (primary N) is 1. The lowest BCUT2D eigenvalue weighted by Crippen LogP contribution is -2.19. The number of fused-ring (bicyclic) bond motifs is 2. The number of benzene rings is 2. The van der Waals surface area contributed by atoms with E-state index in [2.05, 4.69) is 34.3 Å². The van der Waals surface area contributed by atoms with Gasteiger partial charge in [-0.1, -0.05) is 11.8 Å². The van der Waals surface area contributed by atoms with Crippen molar-refractivity contribution in [1.82, 2.24) is 19.8 Å². The van der Waals surface area contributed by atoms with E-state index in [0.717, 1.165) is 10.9 Å². The minimum Gasteiger partial charge on any atom is -0.399 e. The third-order valence-electron chi connectivity index (χ3n) is 5.74. The van der Waals surface area contributed by atoms with Gasteiger partial charge in [-0.05, 0) is 48.2 Å². The second kappa shape index (κ2) is 13.5. The van der Waals surface area contributed by atoms with Gasteiger partial charge in [0.2, 0.25) is 23.6 Å². The van der Waals surface area contributed by atoms with Crippen LogP contribution in [0.4, 0.5) is 11.4 Å². The topological polar surface area (TPSA) is 171 Å². The second-order valence-corrected chi connectivity index (χ2v) is 9.01. The van der Waals surface area contributed by atoms with Crippen molar-refractivity contribution >= 4 is 56.8 Å². The highest BCUT2D eigenvalue weighted by Gasteiger charge is 2.14. The van der Waals surface area contributed by atoms with Crippen LogP contribution in [0.25, 0.3) is 21.8 Å². The van der Waals surface area contributed by atoms with Gasteiger partial charge in [-0.3, -0.25) is 38.4 Å². The summed E-state index contributed by atoms with van der Waals surface area (Å²) in [6.45, 7) is 6.09. The Labute approximate surface area is 241 Å². The first kappa shape index (κ1) is 30.7. The van der Waals surface area contributed by atoms with Crippen molar-refractivity contribution < 1.29 is 24.1 Å². The molecule has 4 aromatic rings. The van der Waals surface area contributed by atoms with Gasteiger partial charge in [0.05, 0.1) is 29.0 Å². The summed E-state index contributed by atoms with van der Waals surface area (Å²) in [7, 11) is 0. The number of hydrogen-bond donors (Lipinski definition) is 3. The highest BCUT2D eigenvalue weighted by molar-refractivity contribution is 5.96. The molecule has 0 bridgehead atoms. The molecule has 4 rings (SSSR count). The van der Waals surface area contributed by atoms with Gasteiger partial charge in [-0.2, -0.15) is 0 Å². The van der Waals surface area contributed by atoms with E-state index in [1.54, 1.807) is 24.3 Å². The van der Waals surface area contributed by atoms with Crippen LogP contribution in [0, 0.1) is 33.8 Å². The molecule has 0 atom stereocenters. The molecule has 0 saturated heterocycles. The van der Waals surface area contributed by atoms with E-state index < -0.39 is 4.92 Å². The average Bonchev–Trinajstić information content (AvgIpc) is 3.46. The van der Waals surface area contributed by atoms with E-state index >= 15 is 0 Å². The van der Waals surface area contributed by atoms with Gasteiger partial charge in [0.25, 0.3) is 5.69 Å². The Morgan fingerprint density at radius 1 is 0.762 bits per heavy atom. The van der Waals surface area contributed by atoms with Crippen LogP contribution >= 0.6 is 0 Å². The van der Waals surface area contributed by atoms with E-state index in [1.165, 1.54) is 55.0 Å². The van der Waals surface area contributed by atoms with Crippen LogP contribution in [0.3, 0.4) is 0 Å². The summed E-state index contributed by atoms with van der Waals surface area (Å²) in [6.07, 6.45) is 0. The number of carbonyl (C=O) groups excluding carboxylic acids is 4. The molecule has 0 aliphatic heterocycles. The molecule has 0 aliphatic rings. The fourth-order valence-corrected chi connectivity index (χ4v) is 4.02. The minimum absolute atomic E-state index is 0.0500. The molecule has 42 heavy (non-hydrogen) atoms. The third kappa shape index (κ3) is 7.61. The Kier molecular flexibility index (Phi) is 9.82. The molecule has 2 amide bonds. The molecular weight excluding hydrogens is 540 g/mol. The summed E-state index contributed by atoms with van der Waals surface area (Å²) in [5, 5.41) is 17.3. The quantitative estimate of drug-likeness (QED) is 0.147. The maximum absolute atomic E-state index is 11.8. The predicted octanol–water partition coefficient (Wildman–Crippen LogP) is 3.07. The SMILES string of the molecule is CC(=O)NCC#Cc1cc2cc(N)ccc2n1C(C)=O.CC(=O)NCC#Cc1cc2cc([N+](=O)[O-])ccc2n1C(C)=O.